The lowest BCUT2D eigenvalue weighted by atomic mass is 10.2. The van der Waals surface area contributed by atoms with E-state index in [4.69, 9.17) is 12.0 Å². The molecule has 0 fully saturated rings. The smallest absolute Gasteiger partial charge is 0.0575 e. The van der Waals surface area contributed by atoms with Gasteiger partial charge in [0.15, 0.2) is 0 Å². The summed E-state index contributed by atoms with van der Waals surface area (Å²) in [7, 11) is 0. The van der Waals surface area contributed by atoms with Crippen LogP contribution >= 0.6 is 0 Å². The largest absolute Gasteiger partial charge is 0.393 e. The second-order valence-corrected chi connectivity index (χ2v) is 1.36. The van der Waals surface area contributed by atoms with Crippen LogP contribution in [-0.2, 0) is 0 Å². The van der Waals surface area contributed by atoms with Gasteiger partial charge in [-0.2, -0.15) is 0 Å². The minimum Gasteiger partial charge on any atom is -0.393 e. The topological polar surface area (TPSA) is 20.2 Å². The van der Waals surface area contributed by atoms with Crippen molar-refractivity contribution in [2.45, 2.75) is 25.9 Å². The summed E-state index contributed by atoms with van der Waals surface area (Å²) in [6, 6.07) is 0. The molecule has 2 radical (unpaired) electrons. The van der Waals surface area contributed by atoms with Gasteiger partial charge in [-0.05, 0) is 13.3 Å². The highest BCUT2D eigenvalue weighted by atomic mass is 16.3. The molecule has 1 nitrogen and oxygen atoms in total. The molecule has 0 aliphatic carbocycles. The fourth-order valence-corrected chi connectivity index (χ4v) is 0.296. The molecule has 0 heterocycles. The predicted octanol–water partition coefficient (Wildman–Crippen LogP) is 0.858. The molecule has 0 aromatic carbocycles. The van der Waals surface area contributed by atoms with E-state index in [0.29, 0.717) is 6.42 Å². The van der Waals surface area contributed by atoms with E-state index >= 15 is 0 Å². The normalized spacial score (nSPS) is 14.5. The Bertz CT molecular complexity index is 25.1. The Kier molecular flexibility index (Phi) is 3.14. The summed E-state index contributed by atoms with van der Waals surface area (Å²) in [6.07, 6.45) is 1.06. The lowest BCUT2D eigenvalue weighted by molar-refractivity contribution is 0.209. The standard InChI is InChI=1S/C5H10O/c1-3-4-5(2)6/h2,5-6H,3-4H2,1H3. The second-order valence-electron chi connectivity index (χ2n) is 1.36. The van der Waals surface area contributed by atoms with Gasteiger partial charge in [-0.15, -0.1) is 0 Å². The van der Waals surface area contributed by atoms with Crippen molar-refractivity contribution in [3.63, 3.8) is 0 Å². The Morgan fingerprint density at radius 2 is 2.33 bits per heavy atom. The van der Waals surface area contributed by atoms with Gasteiger partial charge in [0.2, 0.25) is 0 Å². The summed E-state index contributed by atoms with van der Waals surface area (Å²) in [6.45, 7) is 6.94. The summed E-state index contributed by atoms with van der Waals surface area (Å²) in [5.74, 6) is 0. The minimum atomic E-state index is -0.602. The molecule has 1 atom stereocenters. The summed E-state index contributed by atoms with van der Waals surface area (Å²) in [4.78, 5) is 0. The summed E-state index contributed by atoms with van der Waals surface area (Å²) >= 11 is 0. The van der Waals surface area contributed by atoms with Crippen LogP contribution in [0.25, 0.3) is 0 Å². The third kappa shape index (κ3) is 3.96. The Morgan fingerprint density at radius 3 is 2.33 bits per heavy atom. The fraction of sp³-hybridized carbons (Fsp3) is 0.800. The first-order valence-corrected chi connectivity index (χ1v) is 2.21. The average Bonchev–Trinajstić information content (AvgIpc) is 1.35. The molecule has 36 valence electrons. The SMILES string of the molecule is [CH]C(O)CCC. The lowest BCUT2D eigenvalue weighted by Crippen LogP contribution is -1.96. The molecule has 6 heavy (non-hydrogen) atoms. The van der Waals surface area contributed by atoms with E-state index in [1.54, 1.807) is 0 Å². The van der Waals surface area contributed by atoms with Crippen molar-refractivity contribution in [1.29, 1.82) is 0 Å². The van der Waals surface area contributed by atoms with Gasteiger partial charge < -0.3 is 5.11 Å². The van der Waals surface area contributed by atoms with Gasteiger partial charge in [0.05, 0.1) is 6.10 Å². The molecule has 1 heteroatoms. The van der Waals surface area contributed by atoms with Gasteiger partial charge in [0.1, 0.15) is 0 Å². The van der Waals surface area contributed by atoms with Crippen molar-refractivity contribution in [2.24, 2.45) is 0 Å². The van der Waals surface area contributed by atoms with E-state index in [1.165, 1.54) is 0 Å². The molecule has 1 unspecified atom stereocenters. The average molecular weight is 86.1 g/mol. The molecule has 1 N–H and O–H groups in total. The van der Waals surface area contributed by atoms with E-state index in [9.17, 15) is 0 Å². The van der Waals surface area contributed by atoms with E-state index in [0.717, 1.165) is 6.42 Å². The predicted molar refractivity (Wildman–Crippen MR) is 25.2 cm³/mol. The van der Waals surface area contributed by atoms with Gasteiger partial charge in [0, 0.05) is 0 Å². The number of hydrogen-bond donors (Lipinski definition) is 1. The second kappa shape index (κ2) is 3.16. The Balaban J connectivity index is 2.63. The van der Waals surface area contributed by atoms with E-state index in [2.05, 4.69) is 0 Å². The monoisotopic (exact) mass is 86.1 g/mol. The number of aliphatic hydroxyl groups excluding tert-OH is 1. The van der Waals surface area contributed by atoms with E-state index < -0.39 is 6.10 Å². The molecule has 0 bridgehead atoms. The molecule has 0 aromatic heterocycles. The van der Waals surface area contributed by atoms with Crippen LogP contribution in [0.4, 0.5) is 0 Å². The van der Waals surface area contributed by atoms with Crippen molar-refractivity contribution in [3.8, 4) is 0 Å². The van der Waals surface area contributed by atoms with Crippen LogP contribution < -0.4 is 0 Å². The molecule has 0 rings (SSSR count). The zero-order chi connectivity index (χ0) is 4.99. The van der Waals surface area contributed by atoms with Crippen LogP contribution in [0.3, 0.4) is 0 Å². The van der Waals surface area contributed by atoms with E-state index in [1.807, 2.05) is 6.92 Å². The van der Waals surface area contributed by atoms with Crippen molar-refractivity contribution >= 4 is 0 Å². The lowest BCUT2D eigenvalue weighted by Gasteiger charge is -1.94. The Hall–Kier alpha value is -0.0400. The zero-order valence-corrected chi connectivity index (χ0v) is 4.02. The summed E-state index contributed by atoms with van der Waals surface area (Å²) in [5, 5.41) is 8.33. The highest BCUT2D eigenvalue weighted by Gasteiger charge is 1.87. The van der Waals surface area contributed by atoms with Gasteiger partial charge in [-0.3, -0.25) is 0 Å². The molecule has 0 amide bonds. The van der Waals surface area contributed by atoms with Gasteiger partial charge in [-0.25, -0.2) is 0 Å². The van der Waals surface area contributed by atoms with Gasteiger partial charge >= 0.3 is 0 Å². The maximum atomic E-state index is 8.33. The molecule has 0 spiro atoms. The van der Waals surface area contributed by atoms with Crippen LogP contribution in [0.1, 0.15) is 19.8 Å². The van der Waals surface area contributed by atoms with Crippen molar-refractivity contribution in [2.75, 3.05) is 0 Å². The van der Waals surface area contributed by atoms with Crippen LogP contribution in [0.15, 0.2) is 0 Å². The van der Waals surface area contributed by atoms with Gasteiger partial charge in [0.25, 0.3) is 0 Å². The van der Waals surface area contributed by atoms with Crippen LogP contribution in [0.2, 0.25) is 0 Å². The van der Waals surface area contributed by atoms with Crippen LogP contribution in [-0.4, -0.2) is 11.2 Å². The highest BCUT2D eigenvalue weighted by Crippen LogP contribution is 1.90. The highest BCUT2D eigenvalue weighted by molar-refractivity contribution is 4.52. The maximum absolute atomic E-state index is 8.33. The molecule has 0 aliphatic rings. The van der Waals surface area contributed by atoms with Crippen molar-refractivity contribution in [1.82, 2.24) is 0 Å². The molecular formula is C5H10O. The van der Waals surface area contributed by atoms with Crippen molar-refractivity contribution in [3.05, 3.63) is 6.92 Å². The number of aliphatic hydroxyl groups is 1. The molecule has 0 aliphatic heterocycles. The first-order chi connectivity index (χ1) is 2.77. The molecule has 0 saturated heterocycles. The zero-order valence-electron chi connectivity index (χ0n) is 4.02. The molecular weight excluding hydrogens is 76.1 g/mol. The Morgan fingerprint density at radius 1 is 1.83 bits per heavy atom. The van der Waals surface area contributed by atoms with Crippen molar-refractivity contribution < 1.29 is 5.11 Å². The Labute approximate surface area is 39.0 Å². The third-order valence-electron chi connectivity index (χ3n) is 0.584. The van der Waals surface area contributed by atoms with Crippen LogP contribution in [0.5, 0.6) is 0 Å². The maximum Gasteiger partial charge on any atom is 0.0575 e. The minimum absolute atomic E-state index is 0.602. The summed E-state index contributed by atoms with van der Waals surface area (Å²) < 4.78 is 0. The third-order valence-corrected chi connectivity index (χ3v) is 0.584. The number of hydrogen-bond acceptors (Lipinski definition) is 1. The quantitative estimate of drug-likeness (QED) is 0.528. The van der Waals surface area contributed by atoms with Gasteiger partial charge in [-0.1, -0.05) is 13.3 Å². The van der Waals surface area contributed by atoms with E-state index in [-0.39, 0.29) is 0 Å². The first kappa shape index (κ1) is 5.96. The first-order valence-electron chi connectivity index (χ1n) is 2.21. The summed E-state index contributed by atoms with van der Waals surface area (Å²) in [5.41, 5.74) is 0. The fourth-order valence-electron chi connectivity index (χ4n) is 0.296. The molecule has 0 aromatic rings. The van der Waals surface area contributed by atoms with Crippen LogP contribution in [0, 0.1) is 6.92 Å². The molecule has 0 saturated carbocycles. The number of rotatable bonds is 2.